The number of nitrogens with zero attached hydrogens (tertiary/aromatic N) is 6. The van der Waals surface area contributed by atoms with E-state index in [1.54, 1.807) is 77.2 Å². The molecule has 2 atom stereocenters. The number of ether oxygens (including phenoxy) is 4. The fourth-order valence-electron chi connectivity index (χ4n) is 5.11. The number of aryl methyl sites for hydroxylation is 2. The Hall–Kier alpha value is -4.05. The first-order valence-electron chi connectivity index (χ1n) is 14.8. The molecule has 6 aromatic rings. The van der Waals surface area contributed by atoms with Gasteiger partial charge in [-0.05, 0) is 74.0 Å². The van der Waals surface area contributed by atoms with E-state index in [-0.39, 0.29) is 34.6 Å². The molecule has 49 heavy (non-hydrogen) atoms. The van der Waals surface area contributed by atoms with E-state index in [1.807, 2.05) is 27.7 Å². The van der Waals surface area contributed by atoms with E-state index in [0.29, 0.717) is 43.9 Å². The average molecular weight is 713 g/mol. The zero-order valence-electron chi connectivity index (χ0n) is 28.7. The van der Waals surface area contributed by atoms with Gasteiger partial charge in [0.2, 0.25) is 0 Å². The standard InChI is InChI=1S/2C17H18N3O3S.Mg/c2*1-10-8-18-15(11(2)16(10)23-4)9-24(21)17-19-13-6-5-12(22-3)7-14(13)20-17;/h2*5-8H,9H2,1-4H3;/q2*-1;+2/t2*24-;/m10./s1. The maximum Gasteiger partial charge on any atom is 2.00 e. The van der Waals surface area contributed by atoms with E-state index in [9.17, 15) is 8.42 Å². The van der Waals surface area contributed by atoms with Crippen LogP contribution >= 0.6 is 0 Å². The van der Waals surface area contributed by atoms with Gasteiger partial charge in [-0.15, -0.1) is 0 Å². The van der Waals surface area contributed by atoms with Crippen molar-refractivity contribution in [2.75, 3.05) is 28.4 Å². The molecular weight excluding hydrogens is 677 g/mol. The molecule has 0 amide bonds. The van der Waals surface area contributed by atoms with Gasteiger partial charge >= 0.3 is 23.1 Å². The molecule has 15 heteroatoms. The Morgan fingerprint density at radius 2 is 1.00 bits per heavy atom. The van der Waals surface area contributed by atoms with Gasteiger partial charge in [-0.1, -0.05) is 12.1 Å². The van der Waals surface area contributed by atoms with Crippen molar-refractivity contribution >= 4 is 66.7 Å². The number of methoxy groups -OCH3 is 4. The molecule has 0 spiro atoms. The summed E-state index contributed by atoms with van der Waals surface area (Å²) in [7, 11) is 3.66. The Bertz CT molecular complexity index is 2000. The van der Waals surface area contributed by atoms with Crippen LogP contribution < -0.4 is 28.9 Å². The largest absolute Gasteiger partial charge is 2.00 e. The van der Waals surface area contributed by atoms with Crippen molar-refractivity contribution in [2.24, 2.45) is 0 Å². The SMILES string of the molecule is COc1ccc2[n-]c([S@@](=O)Cc3ncc(C)c(OC)c3C)nc2c1.COc1ccc2[n-]c([S@](=O)Cc3ncc(C)c(OC)c3C)nc2c1.[Mg+2]. The van der Waals surface area contributed by atoms with Crippen LogP contribution in [0.3, 0.4) is 0 Å². The number of hydrogen-bond acceptors (Lipinski definition) is 10. The summed E-state index contributed by atoms with van der Waals surface area (Å²) in [5, 5.41) is 0.609. The summed E-state index contributed by atoms with van der Waals surface area (Å²) < 4.78 is 46.4. The summed E-state index contributed by atoms with van der Waals surface area (Å²) in [6.45, 7) is 7.69. The number of benzene rings is 2. The zero-order valence-corrected chi connectivity index (χ0v) is 31.7. The summed E-state index contributed by atoms with van der Waals surface area (Å²) in [6.07, 6.45) is 3.46. The first-order chi connectivity index (χ1) is 23.1. The molecule has 0 bridgehead atoms. The number of pyridine rings is 2. The van der Waals surface area contributed by atoms with E-state index in [2.05, 4.69) is 29.9 Å². The molecule has 0 unspecified atom stereocenters. The third-order valence-corrected chi connectivity index (χ3v) is 9.92. The van der Waals surface area contributed by atoms with Crippen LogP contribution in [-0.4, -0.2) is 79.8 Å². The molecule has 252 valence electrons. The van der Waals surface area contributed by atoms with Gasteiger partial charge in [0.25, 0.3) is 0 Å². The quantitative estimate of drug-likeness (QED) is 0.182. The number of fused-ring (bicyclic) bond motifs is 2. The molecule has 6 rings (SSSR count). The van der Waals surface area contributed by atoms with Crippen LogP contribution in [0, 0.1) is 27.7 Å². The number of imidazole rings is 2. The van der Waals surface area contributed by atoms with Crippen LogP contribution in [0.4, 0.5) is 0 Å². The number of rotatable bonds is 10. The van der Waals surface area contributed by atoms with E-state index < -0.39 is 21.6 Å². The minimum Gasteiger partial charge on any atom is -0.497 e. The van der Waals surface area contributed by atoms with Crippen molar-refractivity contribution < 1.29 is 27.4 Å². The Morgan fingerprint density at radius 3 is 1.35 bits per heavy atom. The Morgan fingerprint density at radius 1 is 0.612 bits per heavy atom. The number of aromatic nitrogens is 6. The van der Waals surface area contributed by atoms with Crippen molar-refractivity contribution in [3.05, 3.63) is 82.4 Å². The maximum absolute atomic E-state index is 12.6. The van der Waals surface area contributed by atoms with Crippen LogP contribution in [-0.2, 0) is 33.1 Å². The summed E-state index contributed by atoms with van der Waals surface area (Å²) in [5.74, 6) is 3.43. The summed E-state index contributed by atoms with van der Waals surface area (Å²) in [4.78, 5) is 26.2. The second-order valence-electron chi connectivity index (χ2n) is 10.8. The first kappa shape index (κ1) is 37.8. The number of hydrogen-bond donors (Lipinski definition) is 0. The van der Waals surface area contributed by atoms with Gasteiger partial charge in [0, 0.05) is 45.0 Å². The van der Waals surface area contributed by atoms with Gasteiger partial charge in [-0.3, -0.25) is 18.4 Å². The van der Waals surface area contributed by atoms with Crippen LogP contribution in [0.2, 0.25) is 0 Å². The molecule has 0 fully saturated rings. The molecule has 4 aromatic heterocycles. The first-order valence-corrected chi connectivity index (χ1v) is 17.4. The molecular formula is C34H36MgN6O6S2. The van der Waals surface area contributed by atoms with Crippen LogP contribution in [0.1, 0.15) is 33.6 Å². The average Bonchev–Trinajstić information content (AvgIpc) is 3.72. The van der Waals surface area contributed by atoms with Crippen molar-refractivity contribution in [1.29, 1.82) is 0 Å². The zero-order chi connectivity index (χ0) is 34.5. The topological polar surface area (TPSA) is 151 Å². The van der Waals surface area contributed by atoms with E-state index in [4.69, 9.17) is 18.9 Å². The van der Waals surface area contributed by atoms with Gasteiger partial charge in [0.15, 0.2) is 0 Å². The Labute approximate surface area is 305 Å². The molecule has 2 aromatic carbocycles. The molecule has 0 aliphatic carbocycles. The predicted molar refractivity (Wildman–Crippen MR) is 190 cm³/mol. The second kappa shape index (κ2) is 16.6. The van der Waals surface area contributed by atoms with Crippen molar-refractivity contribution in [2.45, 2.75) is 49.5 Å². The molecule has 0 aliphatic rings. The van der Waals surface area contributed by atoms with Crippen molar-refractivity contribution in [3.63, 3.8) is 0 Å². The molecule has 4 heterocycles. The van der Waals surface area contributed by atoms with Gasteiger partial charge < -0.3 is 38.9 Å². The van der Waals surface area contributed by atoms with Crippen LogP contribution in [0.25, 0.3) is 22.1 Å². The smallest absolute Gasteiger partial charge is 0.497 e. The maximum atomic E-state index is 12.6. The van der Waals surface area contributed by atoms with Gasteiger partial charge in [-0.2, -0.15) is 0 Å². The van der Waals surface area contributed by atoms with E-state index >= 15 is 0 Å². The predicted octanol–water partition coefficient (Wildman–Crippen LogP) is 4.68. The molecule has 0 saturated heterocycles. The fourth-order valence-corrected chi connectivity index (χ4v) is 7.24. The molecule has 0 saturated carbocycles. The van der Waals surface area contributed by atoms with Gasteiger partial charge in [-0.25, -0.2) is 0 Å². The second-order valence-corrected chi connectivity index (χ2v) is 13.5. The summed E-state index contributed by atoms with van der Waals surface area (Å²) in [5.41, 5.74) is 7.87. The minimum atomic E-state index is -1.38. The summed E-state index contributed by atoms with van der Waals surface area (Å²) >= 11 is 0. The van der Waals surface area contributed by atoms with Gasteiger partial charge in [0.05, 0.1) is 72.9 Å². The molecule has 0 N–H and O–H groups in total. The monoisotopic (exact) mass is 712 g/mol. The Balaban J connectivity index is 0.000000216. The fraction of sp³-hybridized carbons (Fsp3) is 0.294. The van der Waals surface area contributed by atoms with Crippen LogP contribution in [0.15, 0.2) is 59.1 Å². The Kier molecular flexibility index (Phi) is 12.8. The van der Waals surface area contributed by atoms with Crippen molar-refractivity contribution in [3.8, 4) is 23.0 Å². The minimum absolute atomic E-state index is 0. The molecule has 0 radical (unpaired) electrons. The van der Waals surface area contributed by atoms with Gasteiger partial charge in [0.1, 0.15) is 23.0 Å². The van der Waals surface area contributed by atoms with Crippen LogP contribution in [0.5, 0.6) is 23.0 Å². The van der Waals surface area contributed by atoms with E-state index in [1.165, 1.54) is 0 Å². The molecule has 0 aliphatic heterocycles. The van der Waals surface area contributed by atoms with Crippen molar-refractivity contribution in [1.82, 2.24) is 29.9 Å². The third-order valence-electron chi connectivity index (χ3n) is 7.67. The summed E-state index contributed by atoms with van der Waals surface area (Å²) in [6, 6.07) is 10.8. The third kappa shape index (κ3) is 8.40. The molecule has 12 nitrogen and oxygen atoms in total. The van der Waals surface area contributed by atoms with E-state index in [0.717, 1.165) is 45.1 Å². The normalized spacial score (nSPS) is 12.1.